The fourth-order valence-electron chi connectivity index (χ4n) is 3.75. The van der Waals surface area contributed by atoms with Gasteiger partial charge >= 0.3 is 6.03 Å². The largest absolute Gasteiger partial charge is 0.360 e. The Labute approximate surface area is 185 Å². The Bertz CT molecular complexity index is 1090. The summed E-state index contributed by atoms with van der Waals surface area (Å²) in [4.78, 5) is 27.2. The number of nitrogens with one attached hydrogen (secondary N) is 2. The minimum atomic E-state index is -0.385. The van der Waals surface area contributed by atoms with Crippen molar-refractivity contribution >= 4 is 23.3 Å². The van der Waals surface area contributed by atoms with E-state index in [1.165, 1.54) is 12.1 Å². The third-order valence-electron chi connectivity index (χ3n) is 5.49. The smallest absolute Gasteiger partial charge is 0.321 e. The number of carbonyl (C=O) groups is 2. The molecule has 2 aromatic carbocycles. The Morgan fingerprint density at radius 2 is 1.50 bits per heavy atom. The summed E-state index contributed by atoms with van der Waals surface area (Å²) >= 11 is 0. The molecule has 166 valence electrons. The van der Waals surface area contributed by atoms with Gasteiger partial charge in [-0.1, -0.05) is 18.0 Å². The second-order valence-corrected chi connectivity index (χ2v) is 7.83. The van der Waals surface area contributed by atoms with E-state index in [0.29, 0.717) is 28.4 Å². The van der Waals surface area contributed by atoms with Gasteiger partial charge in [0.25, 0.3) is 5.91 Å². The Kier molecular flexibility index (Phi) is 6.49. The van der Waals surface area contributed by atoms with Crippen molar-refractivity contribution in [3.63, 3.8) is 0 Å². The van der Waals surface area contributed by atoms with E-state index in [2.05, 4.69) is 15.8 Å². The number of anilines is 2. The van der Waals surface area contributed by atoms with Gasteiger partial charge in [0, 0.05) is 30.0 Å². The van der Waals surface area contributed by atoms with E-state index in [0.717, 1.165) is 38.8 Å². The molecule has 0 bridgehead atoms. The third-order valence-corrected chi connectivity index (χ3v) is 5.49. The van der Waals surface area contributed by atoms with Gasteiger partial charge in [0.1, 0.15) is 22.8 Å². The monoisotopic (exact) mass is 436 g/mol. The molecule has 3 amide bonds. The lowest BCUT2D eigenvalue weighted by atomic mass is 10.1. The molecule has 0 unspecified atom stereocenters. The van der Waals surface area contributed by atoms with E-state index < -0.39 is 0 Å². The molecule has 8 heteroatoms. The van der Waals surface area contributed by atoms with Crippen LogP contribution >= 0.6 is 0 Å². The molecule has 0 atom stereocenters. The molecule has 0 radical (unpaired) electrons. The van der Waals surface area contributed by atoms with Crippen LogP contribution in [0.15, 0.2) is 53.1 Å². The number of hydrogen-bond acceptors (Lipinski definition) is 4. The maximum atomic E-state index is 13.2. The Morgan fingerprint density at radius 1 is 0.906 bits per heavy atom. The first-order chi connectivity index (χ1) is 15.5. The maximum absolute atomic E-state index is 13.2. The summed E-state index contributed by atoms with van der Waals surface area (Å²) in [7, 11) is 0. The van der Waals surface area contributed by atoms with Crippen molar-refractivity contribution in [1.29, 1.82) is 0 Å². The van der Waals surface area contributed by atoms with Crippen LogP contribution in [-0.2, 0) is 0 Å². The molecule has 2 heterocycles. The molecule has 1 aromatic heterocycles. The van der Waals surface area contributed by atoms with Gasteiger partial charge in [0.2, 0.25) is 0 Å². The Balaban J connectivity index is 1.43. The number of hydrogen-bond donors (Lipinski definition) is 2. The molecule has 7 nitrogen and oxygen atoms in total. The van der Waals surface area contributed by atoms with Gasteiger partial charge in [-0.2, -0.15) is 0 Å². The fourth-order valence-corrected chi connectivity index (χ4v) is 3.75. The highest BCUT2D eigenvalue weighted by Gasteiger charge is 2.22. The summed E-state index contributed by atoms with van der Waals surface area (Å²) in [5.74, 6) is -0.393. The van der Waals surface area contributed by atoms with Gasteiger partial charge in [0.05, 0.1) is 0 Å². The Morgan fingerprint density at radius 3 is 2.12 bits per heavy atom. The van der Waals surface area contributed by atoms with Crippen molar-refractivity contribution in [3.8, 4) is 11.3 Å². The molecule has 0 spiro atoms. The van der Waals surface area contributed by atoms with E-state index in [-0.39, 0.29) is 23.3 Å². The highest BCUT2D eigenvalue weighted by Crippen LogP contribution is 2.26. The van der Waals surface area contributed by atoms with Crippen molar-refractivity contribution in [2.45, 2.75) is 32.6 Å². The van der Waals surface area contributed by atoms with E-state index in [1.54, 1.807) is 43.3 Å². The van der Waals surface area contributed by atoms with Gasteiger partial charge in [0.15, 0.2) is 0 Å². The number of carbonyl (C=O) groups excluding carboxylic acids is 2. The van der Waals surface area contributed by atoms with Crippen LogP contribution in [0, 0.1) is 12.7 Å². The number of amides is 3. The lowest BCUT2D eigenvalue weighted by molar-refractivity contribution is 0.102. The molecule has 1 aliphatic heterocycles. The first-order valence-corrected chi connectivity index (χ1v) is 10.7. The van der Waals surface area contributed by atoms with E-state index in [9.17, 15) is 14.0 Å². The second-order valence-electron chi connectivity index (χ2n) is 7.83. The second kappa shape index (κ2) is 9.64. The molecular weight excluding hydrogens is 411 g/mol. The molecule has 3 aromatic rings. The SMILES string of the molecule is Cc1onc(-c2ccc(F)cc2)c1C(=O)Nc1ccc(NC(=O)N2CCCCCC2)cc1. The van der Waals surface area contributed by atoms with Crippen LogP contribution in [0.4, 0.5) is 20.6 Å². The lowest BCUT2D eigenvalue weighted by Gasteiger charge is -2.20. The summed E-state index contributed by atoms with van der Waals surface area (Å²) in [6.07, 6.45) is 4.38. The minimum absolute atomic E-state index is 0.104. The third kappa shape index (κ3) is 4.96. The van der Waals surface area contributed by atoms with Gasteiger partial charge in [-0.25, -0.2) is 9.18 Å². The van der Waals surface area contributed by atoms with Crippen LogP contribution in [0.2, 0.25) is 0 Å². The van der Waals surface area contributed by atoms with Gasteiger partial charge < -0.3 is 20.1 Å². The fraction of sp³-hybridized carbons (Fsp3) is 0.292. The van der Waals surface area contributed by atoms with Crippen LogP contribution in [0.1, 0.15) is 41.8 Å². The first kappa shape index (κ1) is 21.5. The molecule has 1 fully saturated rings. The lowest BCUT2D eigenvalue weighted by Crippen LogP contribution is -2.35. The number of aromatic nitrogens is 1. The standard InChI is InChI=1S/C24H25FN4O3/c1-16-21(22(28-32-16)17-6-8-18(25)9-7-17)23(30)26-19-10-12-20(13-11-19)27-24(31)29-14-4-2-3-5-15-29/h6-13H,2-5,14-15H2,1H3,(H,26,30)(H,27,31). The van der Waals surface area contributed by atoms with Crippen LogP contribution in [0.25, 0.3) is 11.3 Å². The number of nitrogens with zero attached hydrogens (tertiary/aromatic N) is 2. The summed E-state index contributed by atoms with van der Waals surface area (Å²) < 4.78 is 18.4. The average molecular weight is 436 g/mol. The predicted molar refractivity (Wildman–Crippen MR) is 120 cm³/mol. The summed E-state index contributed by atoms with van der Waals surface area (Å²) in [6.45, 7) is 3.19. The maximum Gasteiger partial charge on any atom is 0.321 e. The van der Waals surface area contributed by atoms with Crippen molar-refractivity contribution in [1.82, 2.24) is 10.1 Å². The van der Waals surface area contributed by atoms with Gasteiger partial charge in [-0.15, -0.1) is 0 Å². The number of halogens is 1. The van der Waals surface area contributed by atoms with Crippen molar-refractivity contribution < 1.29 is 18.5 Å². The topological polar surface area (TPSA) is 87.5 Å². The summed E-state index contributed by atoms with van der Waals surface area (Å²) in [5.41, 5.74) is 2.44. The van der Waals surface area contributed by atoms with Crippen LogP contribution in [-0.4, -0.2) is 35.1 Å². The average Bonchev–Trinajstić information content (AvgIpc) is 2.99. The first-order valence-electron chi connectivity index (χ1n) is 10.7. The number of benzene rings is 2. The van der Waals surface area contributed by atoms with Crippen molar-refractivity contribution in [2.24, 2.45) is 0 Å². The number of urea groups is 1. The number of rotatable bonds is 4. The van der Waals surface area contributed by atoms with E-state index >= 15 is 0 Å². The molecule has 0 aliphatic carbocycles. The van der Waals surface area contributed by atoms with Gasteiger partial charge in [-0.3, -0.25) is 4.79 Å². The summed E-state index contributed by atoms with van der Waals surface area (Å²) in [5, 5.41) is 9.70. The van der Waals surface area contributed by atoms with Crippen LogP contribution < -0.4 is 10.6 Å². The highest BCUT2D eigenvalue weighted by atomic mass is 19.1. The zero-order valence-corrected chi connectivity index (χ0v) is 17.9. The zero-order valence-electron chi connectivity index (χ0n) is 17.9. The van der Waals surface area contributed by atoms with Crippen molar-refractivity contribution in [3.05, 3.63) is 65.7 Å². The molecule has 4 rings (SSSR count). The summed E-state index contributed by atoms with van der Waals surface area (Å²) in [6, 6.07) is 12.5. The minimum Gasteiger partial charge on any atom is -0.360 e. The van der Waals surface area contributed by atoms with Crippen molar-refractivity contribution in [2.75, 3.05) is 23.7 Å². The Hall–Kier alpha value is -3.68. The molecule has 0 saturated carbocycles. The van der Waals surface area contributed by atoms with Crippen LogP contribution in [0.5, 0.6) is 0 Å². The highest BCUT2D eigenvalue weighted by molar-refractivity contribution is 6.08. The quantitative estimate of drug-likeness (QED) is 0.569. The van der Waals surface area contributed by atoms with E-state index in [1.807, 2.05) is 4.90 Å². The van der Waals surface area contributed by atoms with Crippen LogP contribution in [0.3, 0.4) is 0 Å². The molecule has 32 heavy (non-hydrogen) atoms. The number of likely N-dealkylation sites (tertiary alicyclic amines) is 1. The molecular formula is C24H25FN4O3. The van der Waals surface area contributed by atoms with E-state index in [4.69, 9.17) is 4.52 Å². The predicted octanol–water partition coefficient (Wildman–Crippen LogP) is 5.45. The molecule has 1 aliphatic rings. The number of aryl methyl sites for hydroxylation is 1. The zero-order chi connectivity index (χ0) is 22.5. The normalized spacial score (nSPS) is 14.0. The van der Waals surface area contributed by atoms with Gasteiger partial charge in [-0.05, 0) is 68.3 Å². The molecule has 1 saturated heterocycles. The molecule has 2 N–H and O–H groups in total.